The molecule has 2 amide bonds. The molecular formula is C33H37ClF3N3O4S. The molecule has 3 aromatic rings. The maximum Gasteiger partial charge on any atom is 0.416 e. The predicted molar refractivity (Wildman–Crippen MR) is 169 cm³/mol. The van der Waals surface area contributed by atoms with Gasteiger partial charge in [0.2, 0.25) is 21.8 Å². The van der Waals surface area contributed by atoms with Gasteiger partial charge in [-0.05, 0) is 60.7 Å². The Balaban J connectivity index is 1.59. The van der Waals surface area contributed by atoms with Crippen LogP contribution in [0.15, 0.2) is 78.9 Å². The lowest BCUT2D eigenvalue weighted by Crippen LogP contribution is -2.52. The topological polar surface area (TPSA) is 86.8 Å². The fourth-order valence-corrected chi connectivity index (χ4v) is 6.63. The number of carbonyl (C=O) groups excluding carboxylic acids is 2. The molecule has 1 aliphatic carbocycles. The van der Waals surface area contributed by atoms with E-state index in [9.17, 15) is 31.2 Å². The SMILES string of the molecule is CS(=O)(=O)N(CCCC(=O)N(Cc1ccc(Cl)cc1)C(Cc1ccccc1)C(=O)NC1CCCC1)c1cccc(C(F)(F)F)c1. The summed E-state index contributed by atoms with van der Waals surface area (Å²) in [5, 5.41) is 3.65. The number of benzene rings is 3. The van der Waals surface area contributed by atoms with Crippen LogP contribution in [0.25, 0.3) is 0 Å². The molecule has 45 heavy (non-hydrogen) atoms. The van der Waals surface area contributed by atoms with E-state index in [2.05, 4.69) is 5.32 Å². The normalized spacial score (nSPS) is 14.6. The van der Waals surface area contributed by atoms with Crippen LogP contribution in [0.1, 0.15) is 55.2 Å². The minimum Gasteiger partial charge on any atom is -0.352 e. The summed E-state index contributed by atoms with van der Waals surface area (Å²) in [6, 6.07) is 19.6. The van der Waals surface area contributed by atoms with E-state index >= 15 is 0 Å². The van der Waals surface area contributed by atoms with Gasteiger partial charge in [-0.15, -0.1) is 0 Å². The molecule has 1 saturated carbocycles. The van der Waals surface area contributed by atoms with Crippen LogP contribution in [0.4, 0.5) is 18.9 Å². The van der Waals surface area contributed by atoms with Gasteiger partial charge >= 0.3 is 6.18 Å². The lowest BCUT2D eigenvalue weighted by molar-refractivity contribution is -0.141. The van der Waals surface area contributed by atoms with Crippen LogP contribution >= 0.6 is 11.6 Å². The second-order valence-electron chi connectivity index (χ2n) is 11.3. The van der Waals surface area contributed by atoms with Gasteiger partial charge in [0.05, 0.1) is 17.5 Å². The molecule has 1 atom stereocenters. The third kappa shape index (κ3) is 9.96. The Morgan fingerprint density at radius 2 is 1.62 bits per heavy atom. The number of halogens is 4. The van der Waals surface area contributed by atoms with E-state index in [0.717, 1.165) is 65.6 Å². The summed E-state index contributed by atoms with van der Waals surface area (Å²) in [4.78, 5) is 29.3. The Hall–Kier alpha value is -3.57. The number of hydrogen-bond acceptors (Lipinski definition) is 4. The van der Waals surface area contributed by atoms with Crippen molar-refractivity contribution in [2.45, 2.75) is 69.8 Å². The first-order chi connectivity index (χ1) is 21.3. The van der Waals surface area contributed by atoms with E-state index in [1.165, 1.54) is 11.0 Å². The van der Waals surface area contributed by atoms with Gasteiger partial charge in [-0.25, -0.2) is 8.42 Å². The van der Waals surface area contributed by atoms with Crippen molar-refractivity contribution in [3.63, 3.8) is 0 Å². The quantitative estimate of drug-likeness (QED) is 0.223. The van der Waals surface area contributed by atoms with E-state index in [1.807, 2.05) is 30.3 Å². The lowest BCUT2D eigenvalue weighted by Gasteiger charge is -2.33. The van der Waals surface area contributed by atoms with E-state index in [4.69, 9.17) is 11.6 Å². The summed E-state index contributed by atoms with van der Waals surface area (Å²) in [6.07, 6.45) is 0.169. The fourth-order valence-electron chi connectivity index (χ4n) is 5.55. The number of nitrogens with one attached hydrogen (secondary N) is 1. The van der Waals surface area contributed by atoms with Gasteiger partial charge < -0.3 is 10.2 Å². The molecule has 3 aromatic carbocycles. The molecule has 0 aliphatic heterocycles. The van der Waals surface area contributed by atoms with E-state index < -0.39 is 27.8 Å². The monoisotopic (exact) mass is 663 g/mol. The number of anilines is 1. The first-order valence-electron chi connectivity index (χ1n) is 14.8. The Labute approximate surface area is 267 Å². The zero-order valence-electron chi connectivity index (χ0n) is 25.0. The maximum absolute atomic E-state index is 13.9. The van der Waals surface area contributed by atoms with Crippen LogP contribution in [0.2, 0.25) is 5.02 Å². The summed E-state index contributed by atoms with van der Waals surface area (Å²) in [5.41, 5.74) is 0.499. The Morgan fingerprint density at radius 3 is 2.24 bits per heavy atom. The lowest BCUT2D eigenvalue weighted by atomic mass is 10.0. The highest BCUT2D eigenvalue weighted by atomic mass is 35.5. The van der Waals surface area contributed by atoms with Crippen molar-refractivity contribution >= 4 is 39.1 Å². The average molecular weight is 664 g/mol. The van der Waals surface area contributed by atoms with Gasteiger partial charge in [-0.3, -0.25) is 13.9 Å². The summed E-state index contributed by atoms with van der Waals surface area (Å²) in [5.74, 6) is -0.653. The summed E-state index contributed by atoms with van der Waals surface area (Å²) in [7, 11) is -3.97. The number of amides is 2. The molecule has 0 radical (unpaired) electrons. The standard InChI is InChI=1S/C33H37ClF3N3O4S/c1-45(43,44)40(29-14-7-11-26(22-29)33(35,36)37)20-8-15-31(41)39(23-25-16-18-27(34)19-17-25)30(21-24-9-3-2-4-10-24)32(42)38-28-12-5-6-13-28/h2-4,7,9-11,14,16-19,22,28,30H,5-6,8,12-13,15,20-21,23H2,1H3,(H,38,42). The first kappa shape index (κ1) is 34.3. The molecule has 242 valence electrons. The van der Waals surface area contributed by atoms with E-state index in [0.29, 0.717) is 5.02 Å². The highest BCUT2D eigenvalue weighted by Crippen LogP contribution is 2.32. The van der Waals surface area contributed by atoms with E-state index in [1.54, 1.807) is 24.3 Å². The molecule has 0 spiro atoms. The molecule has 1 aliphatic rings. The van der Waals surface area contributed by atoms with Crippen LogP contribution in [0.5, 0.6) is 0 Å². The first-order valence-corrected chi connectivity index (χ1v) is 17.1. The van der Waals surface area contributed by atoms with Crippen LogP contribution in [0, 0.1) is 0 Å². The minimum absolute atomic E-state index is 0.0154. The minimum atomic E-state index is -4.65. The van der Waals surface area contributed by atoms with Crippen molar-refractivity contribution in [1.82, 2.24) is 10.2 Å². The summed E-state index contributed by atoms with van der Waals surface area (Å²) in [6.45, 7) is -0.118. The molecule has 0 heterocycles. The number of rotatable bonds is 13. The Kier molecular flexibility index (Phi) is 11.5. The number of nitrogens with zero attached hydrogens (tertiary/aromatic N) is 2. The van der Waals surface area contributed by atoms with Crippen molar-refractivity contribution in [3.05, 3.63) is 101 Å². The predicted octanol–water partition coefficient (Wildman–Crippen LogP) is 6.60. The molecular weight excluding hydrogens is 627 g/mol. The zero-order chi connectivity index (χ0) is 32.6. The van der Waals surface area contributed by atoms with Gasteiger partial charge in [0.15, 0.2) is 0 Å². The average Bonchev–Trinajstić information content (AvgIpc) is 3.50. The van der Waals surface area contributed by atoms with Crippen LogP contribution in [0.3, 0.4) is 0 Å². The van der Waals surface area contributed by atoms with Crippen molar-refractivity contribution < 1.29 is 31.2 Å². The van der Waals surface area contributed by atoms with E-state index in [-0.39, 0.29) is 55.9 Å². The van der Waals surface area contributed by atoms with Gasteiger partial charge in [-0.2, -0.15) is 13.2 Å². The Bertz CT molecular complexity index is 1550. The molecule has 4 rings (SSSR count). The third-order valence-electron chi connectivity index (χ3n) is 7.85. The van der Waals surface area contributed by atoms with Crippen LogP contribution in [-0.2, 0) is 38.8 Å². The number of carbonyl (C=O) groups is 2. The maximum atomic E-state index is 13.9. The van der Waals surface area contributed by atoms with Gasteiger partial charge in [0.25, 0.3) is 0 Å². The van der Waals surface area contributed by atoms with Crippen molar-refractivity contribution in [1.29, 1.82) is 0 Å². The number of hydrogen-bond donors (Lipinski definition) is 1. The number of sulfonamides is 1. The largest absolute Gasteiger partial charge is 0.416 e. The number of alkyl halides is 3. The molecule has 0 bridgehead atoms. The van der Waals surface area contributed by atoms with Crippen molar-refractivity contribution in [2.24, 2.45) is 0 Å². The highest BCUT2D eigenvalue weighted by molar-refractivity contribution is 7.92. The second-order valence-corrected chi connectivity index (χ2v) is 13.7. The van der Waals surface area contributed by atoms with Crippen molar-refractivity contribution in [2.75, 3.05) is 17.1 Å². The van der Waals surface area contributed by atoms with Gasteiger partial charge in [0.1, 0.15) is 6.04 Å². The molecule has 1 unspecified atom stereocenters. The van der Waals surface area contributed by atoms with Crippen LogP contribution in [-0.4, -0.2) is 50.0 Å². The zero-order valence-corrected chi connectivity index (χ0v) is 26.5. The molecule has 1 N–H and O–H groups in total. The smallest absolute Gasteiger partial charge is 0.352 e. The molecule has 7 nitrogen and oxygen atoms in total. The molecule has 0 saturated heterocycles. The summed E-state index contributed by atoms with van der Waals surface area (Å²) >= 11 is 6.09. The molecule has 1 fully saturated rings. The van der Waals surface area contributed by atoms with Crippen LogP contribution < -0.4 is 9.62 Å². The summed E-state index contributed by atoms with van der Waals surface area (Å²) < 4.78 is 66.1. The fraction of sp³-hybridized carbons (Fsp3) is 0.394. The molecule has 0 aromatic heterocycles. The Morgan fingerprint density at radius 1 is 0.956 bits per heavy atom. The second kappa shape index (κ2) is 15.1. The van der Waals surface area contributed by atoms with Gasteiger partial charge in [0, 0.05) is 37.0 Å². The highest BCUT2D eigenvalue weighted by Gasteiger charge is 2.33. The van der Waals surface area contributed by atoms with Crippen molar-refractivity contribution in [3.8, 4) is 0 Å². The third-order valence-corrected chi connectivity index (χ3v) is 9.30. The van der Waals surface area contributed by atoms with Gasteiger partial charge in [-0.1, -0.05) is 73.0 Å². The molecule has 12 heteroatoms.